The third-order valence-corrected chi connectivity index (χ3v) is 4.24. The van der Waals surface area contributed by atoms with E-state index in [0.717, 1.165) is 23.4 Å². The van der Waals surface area contributed by atoms with Gasteiger partial charge in [0.05, 0.1) is 23.0 Å². The van der Waals surface area contributed by atoms with Gasteiger partial charge in [-0.05, 0) is 30.5 Å². The quantitative estimate of drug-likeness (QED) is 0.676. The first kappa shape index (κ1) is 13.2. The molecule has 0 radical (unpaired) electrons. The van der Waals surface area contributed by atoms with E-state index in [1.54, 1.807) is 17.4 Å². The molecule has 3 rings (SSSR count). The second kappa shape index (κ2) is 5.28. The monoisotopic (exact) mass is 301 g/mol. The maximum Gasteiger partial charge on any atom is 0.128 e. The number of nitrogens with zero attached hydrogens (tertiary/aromatic N) is 3. The van der Waals surface area contributed by atoms with Crippen molar-refractivity contribution >= 4 is 34.0 Å². The molecule has 0 saturated heterocycles. The lowest BCUT2D eigenvalue weighted by Gasteiger charge is -2.09. The van der Waals surface area contributed by atoms with Crippen molar-refractivity contribution in [3.63, 3.8) is 0 Å². The molecule has 0 bridgehead atoms. The lowest BCUT2D eigenvalue weighted by atomic mass is 10.2. The van der Waals surface area contributed by atoms with Crippen LogP contribution in [0, 0.1) is 11.3 Å². The molecule has 100 valence electrons. The van der Waals surface area contributed by atoms with Crippen LogP contribution in [0.25, 0.3) is 11.0 Å². The predicted molar refractivity (Wildman–Crippen MR) is 82.1 cm³/mol. The average molecular weight is 302 g/mol. The highest BCUT2D eigenvalue weighted by Crippen LogP contribution is 2.27. The van der Waals surface area contributed by atoms with Crippen LogP contribution in [-0.4, -0.2) is 9.55 Å². The van der Waals surface area contributed by atoms with Crippen LogP contribution in [0.3, 0.4) is 0 Å². The van der Waals surface area contributed by atoms with E-state index in [1.807, 2.05) is 25.1 Å². The van der Waals surface area contributed by atoms with Crippen LogP contribution in [-0.2, 0) is 6.54 Å². The molecule has 2 heterocycles. The number of rotatable bonds is 3. The third-order valence-electron chi connectivity index (χ3n) is 3.18. The maximum absolute atomic E-state index is 9.20. The van der Waals surface area contributed by atoms with Crippen LogP contribution in [0.1, 0.15) is 28.6 Å². The number of halogens is 1. The molecule has 3 nitrogen and oxygen atoms in total. The van der Waals surface area contributed by atoms with Crippen LogP contribution in [0.2, 0.25) is 0 Å². The summed E-state index contributed by atoms with van der Waals surface area (Å²) in [5.41, 5.74) is 2.28. The van der Waals surface area contributed by atoms with Crippen molar-refractivity contribution in [3.05, 3.63) is 52.0 Å². The fraction of sp³-hybridized carbons (Fsp3) is 0.200. The van der Waals surface area contributed by atoms with Crippen LogP contribution < -0.4 is 0 Å². The van der Waals surface area contributed by atoms with E-state index in [4.69, 9.17) is 11.6 Å². The topological polar surface area (TPSA) is 41.6 Å². The number of fused-ring (bicyclic) bond motifs is 1. The van der Waals surface area contributed by atoms with Gasteiger partial charge in [0.1, 0.15) is 17.4 Å². The van der Waals surface area contributed by atoms with Crippen molar-refractivity contribution < 1.29 is 0 Å². The van der Waals surface area contributed by atoms with Crippen molar-refractivity contribution in [1.29, 1.82) is 5.26 Å². The van der Waals surface area contributed by atoms with Crippen molar-refractivity contribution in [2.24, 2.45) is 0 Å². The number of para-hydroxylation sites is 1. The molecule has 0 spiro atoms. The summed E-state index contributed by atoms with van der Waals surface area (Å²) < 4.78 is 2.10. The number of benzene rings is 1. The van der Waals surface area contributed by atoms with Crippen molar-refractivity contribution in [1.82, 2.24) is 9.55 Å². The fourth-order valence-corrected chi connectivity index (χ4v) is 3.14. The maximum atomic E-state index is 9.20. The molecule has 0 saturated carbocycles. The summed E-state index contributed by atoms with van der Waals surface area (Å²) >= 11 is 7.96. The number of nitriles is 1. The van der Waals surface area contributed by atoms with Crippen LogP contribution in [0.4, 0.5) is 0 Å². The van der Waals surface area contributed by atoms with Crippen LogP contribution in [0.5, 0.6) is 0 Å². The van der Waals surface area contributed by atoms with E-state index >= 15 is 0 Å². The standard InChI is InChI=1S/C15H12ClN3S/c1-10(16)15-18-14-11(8-17)4-2-6-13(14)19(15)9-12-5-3-7-20-12/h2-7,10H,9H2,1H3. The fourth-order valence-electron chi connectivity index (χ4n) is 2.28. The van der Waals surface area contributed by atoms with E-state index in [2.05, 4.69) is 27.1 Å². The van der Waals surface area contributed by atoms with E-state index in [-0.39, 0.29) is 5.38 Å². The van der Waals surface area contributed by atoms with Gasteiger partial charge in [0.2, 0.25) is 0 Å². The lowest BCUT2D eigenvalue weighted by molar-refractivity contribution is 0.750. The molecular formula is C15H12ClN3S. The zero-order valence-corrected chi connectivity index (χ0v) is 12.4. The molecule has 0 aliphatic carbocycles. The summed E-state index contributed by atoms with van der Waals surface area (Å²) in [7, 11) is 0. The first-order valence-electron chi connectivity index (χ1n) is 6.26. The number of thiophene rings is 1. The van der Waals surface area contributed by atoms with Gasteiger partial charge < -0.3 is 4.57 Å². The molecule has 2 aromatic heterocycles. The molecule has 3 aromatic rings. The number of hydrogen-bond donors (Lipinski definition) is 0. The SMILES string of the molecule is CC(Cl)c1nc2c(C#N)cccc2n1Cc1cccs1. The number of imidazole rings is 1. The van der Waals surface area contributed by atoms with Gasteiger partial charge >= 0.3 is 0 Å². The highest BCUT2D eigenvalue weighted by molar-refractivity contribution is 7.09. The van der Waals surface area contributed by atoms with Gasteiger partial charge in [-0.1, -0.05) is 12.1 Å². The van der Waals surface area contributed by atoms with Gasteiger partial charge in [0, 0.05) is 4.88 Å². The number of aromatic nitrogens is 2. The third kappa shape index (κ3) is 2.20. The summed E-state index contributed by atoms with van der Waals surface area (Å²) in [5.74, 6) is 0.803. The average Bonchev–Trinajstić information content (AvgIpc) is 3.07. The molecule has 0 aliphatic heterocycles. The first-order valence-corrected chi connectivity index (χ1v) is 7.58. The van der Waals surface area contributed by atoms with Gasteiger partial charge in [-0.3, -0.25) is 0 Å². The summed E-state index contributed by atoms with van der Waals surface area (Å²) in [4.78, 5) is 5.82. The molecule has 20 heavy (non-hydrogen) atoms. The first-order chi connectivity index (χ1) is 9.70. The lowest BCUT2D eigenvalue weighted by Crippen LogP contribution is -2.04. The Kier molecular flexibility index (Phi) is 3.47. The predicted octanol–water partition coefficient (Wildman–Crippen LogP) is 4.32. The Labute approximate surface area is 126 Å². The van der Waals surface area contributed by atoms with Gasteiger partial charge in [0.15, 0.2) is 0 Å². The molecule has 1 atom stereocenters. The van der Waals surface area contributed by atoms with E-state index in [0.29, 0.717) is 5.56 Å². The number of hydrogen-bond acceptors (Lipinski definition) is 3. The summed E-state index contributed by atoms with van der Waals surface area (Å²) in [6, 6.07) is 12.0. The molecule has 0 amide bonds. The summed E-state index contributed by atoms with van der Waals surface area (Å²) in [5, 5.41) is 11.1. The highest BCUT2D eigenvalue weighted by atomic mass is 35.5. The second-order valence-electron chi connectivity index (χ2n) is 4.54. The van der Waals surface area contributed by atoms with E-state index in [9.17, 15) is 5.26 Å². The zero-order valence-electron chi connectivity index (χ0n) is 10.9. The Morgan fingerprint density at radius 1 is 1.40 bits per heavy atom. The minimum atomic E-state index is -0.200. The Morgan fingerprint density at radius 3 is 2.90 bits per heavy atom. The molecule has 1 unspecified atom stereocenters. The Hall–Kier alpha value is -1.83. The minimum absolute atomic E-state index is 0.200. The van der Waals surface area contributed by atoms with Crippen LogP contribution in [0.15, 0.2) is 35.7 Å². The highest BCUT2D eigenvalue weighted by Gasteiger charge is 2.17. The van der Waals surface area contributed by atoms with Gasteiger partial charge in [-0.25, -0.2) is 4.98 Å². The number of alkyl halides is 1. The Bertz CT molecular complexity index is 781. The normalized spacial score (nSPS) is 12.4. The smallest absolute Gasteiger partial charge is 0.128 e. The van der Waals surface area contributed by atoms with Crippen LogP contribution >= 0.6 is 22.9 Å². The van der Waals surface area contributed by atoms with Gasteiger partial charge in [-0.2, -0.15) is 5.26 Å². The molecule has 1 aromatic carbocycles. The second-order valence-corrected chi connectivity index (χ2v) is 6.22. The molecule has 0 N–H and O–H groups in total. The molecule has 0 fully saturated rings. The Balaban J connectivity index is 2.22. The van der Waals surface area contributed by atoms with Crippen molar-refractivity contribution in [2.45, 2.75) is 18.8 Å². The zero-order chi connectivity index (χ0) is 14.1. The summed E-state index contributed by atoms with van der Waals surface area (Å²) in [6.07, 6.45) is 0. The van der Waals surface area contributed by atoms with Gasteiger partial charge in [-0.15, -0.1) is 22.9 Å². The molecule has 0 aliphatic rings. The summed E-state index contributed by atoms with van der Waals surface area (Å²) in [6.45, 7) is 2.63. The van der Waals surface area contributed by atoms with E-state index < -0.39 is 0 Å². The molecule has 5 heteroatoms. The van der Waals surface area contributed by atoms with Crippen molar-refractivity contribution in [3.8, 4) is 6.07 Å². The molecular weight excluding hydrogens is 290 g/mol. The Morgan fingerprint density at radius 2 is 2.25 bits per heavy atom. The largest absolute Gasteiger partial charge is 0.321 e. The van der Waals surface area contributed by atoms with Gasteiger partial charge in [0.25, 0.3) is 0 Å². The van der Waals surface area contributed by atoms with Crippen molar-refractivity contribution in [2.75, 3.05) is 0 Å². The minimum Gasteiger partial charge on any atom is -0.321 e. The van der Waals surface area contributed by atoms with E-state index in [1.165, 1.54) is 4.88 Å².